The summed E-state index contributed by atoms with van der Waals surface area (Å²) in [6.45, 7) is 0. The molecule has 0 radical (unpaired) electrons. The molecule has 0 bridgehead atoms. The third-order valence-corrected chi connectivity index (χ3v) is 5.60. The van der Waals surface area contributed by atoms with Crippen molar-refractivity contribution in [1.29, 1.82) is 5.26 Å². The van der Waals surface area contributed by atoms with Crippen molar-refractivity contribution in [1.82, 2.24) is 5.32 Å². The number of carbonyl (C=O) groups excluding carboxylic acids is 1. The molecule has 0 aliphatic heterocycles. The maximum absolute atomic E-state index is 12.4. The first-order chi connectivity index (χ1) is 9.59. The van der Waals surface area contributed by atoms with Crippen LogP contribution in [0.3, 0.4) is 0 Å². The molecule has 1 unspecified atom stereocenters. The SMILES string of the molecule is N#CCC(=O)NC(C(Cl)(Cl)Cl)S(=O)(=O)c1ccc(Cl)cc1. The topological polar surface area (TPSA) is 87.0 Å². The highest BCUT2D eigenvalue weighted by Crippen LogP contribution is 2.36. The highest BCUT2D eigenvalue weighted by atomic mass is 35.6. The van der Waals surface area contributed by atoms with Gasteiger partial charge in [0.2, 0.25) is 19.5 Å². The molecule has 114 valence electrons. The summed E-state index contributed by atoms with van der Waals surface area (Å²) >= 11 is 22.6. The molecule has 1 rings (SSSR count). The van der Waals surface area contributed by atoms with Crippen LogP contribution in [0.5, 0.6) is 0 Å². The lowest BCUT2D eigenvalue weighted by molar-refractivity contribution is -0.120. The zero-order valence-corrected chi connectivity index (χ0v) is 14.0. The van der Waals surface area contributed by atoms with Gasteiger partial charge in [-0.15, -0.1) is 0 Å². The Kier molecular flexibility index (Phi) is 6.14. The van der Waals surface area contributed by atoms with E-state index in [4.69, 9.17) is 51.7 Å². The maximum Gasteiger partial charge on any atom is 0.235 e. The minimum Gasteiger partial charge on any atom is -0.335 e. The van der Waals surface area contributed by atoms with E-state index in [1.165, 1.54) is 24.3 Å². The first-order valence-electron chi connectivity index (χ1n) is 5.31. The lowest BCUT2D eigenvalue weighted by Crippen LogP contribution is -2.49. The number of hydrogen-bond acceptors (Lipinski definition) is 4. The molecule has 0 heterocycles. The van der Waals surface area contributed by atoms with Crippen LogP contribution in [0.25, 0.3) is 0 Å². The van der Waals surface area contributed by atoms with Gasteiger partial charge in [0.1, 0.15) is 6.42 Å². The van der Waals surface area contributed by atoms with Crippen molar-refractivity contribution in [2.24, 2.45) is 0 Å². The Morgan fingerprint density at radius 2 is 1.81 bits per heavy atom. The second-order valence-electron chi connectivity index (χ2n) is 3.82. The van der Waals surface area contributed by atoms with Gasteiger partial charge in [-0.25, -0.2) is 8.42 Å². The molecule has 1 atom stereocenters. The fourth-order valence-corrected chi connectivity index (χ4v) is 4.14. The van der Waals surface area contributed by atoms with E-state index in [0.717, 1.165) is 0 Å². The molecule has 21 heavy (non-hydrogen) atoms. The Hall–Kier alpha value is -0.710. The van der Waals surface area contributed by atoms with Gasteiger partial charge in [0.25, 0.3) is 0 Å². The molecule has 5 nitrogen and oxygen atoms in total. The van der Waals surface area contributed by atoms with Crippen LogP contribution in [0, 0.1) is 11.3 Å². The van der Waals surface area contributed by atoms with E-state index >= 15 is 0 Å². The quantitative estimate of drug-likeness (QED) is 0.802. The number of nitrogens with zero attached hydrogens (tertiary/aromatic N) is 1. The van der Waals surface area contributed by atoms with Crippen LogP contribution < -0.4 is 5.32 Å². The molecular weight excluding hydrogens is 382 g/mol. The number of halogens is 4. The number of alkyl halides is 3. The van der Waals surface area contributed by atoms with E-state index in [-0.39, 0.29) is 4.90 Å². The van der Waals surface area contributed by atoms with Crippen molar-refractivity contribution in [2.45, 2.75) is 20.5 Å². The van der Waals surface area contributed by atoms with Gasteiger partial charge in [0.05, 0.1) is 11.0 Å². The number of nitrogens with one attached hydrogen (secondary N) is 1. The second-order valence-corrected chi connectivity index (χ2v) is 8.66. The number of sulfone groups is 1. The number of rotatable bonds is 4. The Morgan fingerprint density at radius 1 is 1.29 bits per heavy atom. The first kappa shape index (κ1) is 18.3. The monoisotopic (exact) mass is 388 g/mol. The van der Waals surface area contributed by atoms with Gasteiger partial charge in [0, 0.05) is 5.02 Å². The molecule has 0 fully saturated rings. The van der Waals surface area contributed by atoms with Gasteiger partial charge in [-0.3, -0.25) is 4.79 Å². The highest BCUT2D eigenvalue weighted by Gasteiger charge is 2.44. The average Bonchev–Trinajstić information content (AvgIpc) is 2.35. The second kappa shape index (κ2) is 7.03. The summed E-state index contributed by atoms with van der Waals surface area (Å²) < 4.78 is 22.6. The van der Waals surface area contributed by atoms with Crippen molar-refractivity contribution in [3.8, 4) is 6.07 Å². The van der Waals surface area contributed by atoms with Gasteiger partial charge in [0.15, 0.2) is 5.37 Å². The highest BCUT2D eigenvalue weighted by molar-refractivity contribution is 7.92. The van der Waals surface area contributed by atoms with E-state index in [9.17, 15) is 13.2 Å². The standard InChI is InChI=1S/C11H8Cl4N2O3S/c12-7-1-3-8(4-2-7)21(19,20)10(11(13,14)15)17-9(18)5-6-16/h1-4,10H,5H2,(H,17,18). The zero-order chi connectivity index (χ0) is 16.3. The van der Waals surface area contributed by atoms with Crippen molar-refractivity contribution in [2.75, 3.05) is 0 Å². The maximum atomic E-state index is 12.4. The third kappa shape index (κ3) is 4.90. The summed E-state index contributed by atoms with van der Waals surface area (Å²) in [5.41, 5.74) is 0. The number of carbonyl (C=O) groups is 1. The molecule has 0 aromatic heterocycles. The van der Waals surface area contributed by atoms with E-state index in [2.05, 4.69) is 0 Å². The van der Waals surface area contributed by atoms with Gasteiger partial charge in [-0.2, -0.15) is 5.26 Å². The Morgan fingerprint density at radius 3 is 2.24 bits per heavy atom. The van der Waals surface area contributed by atoms with E-state index in [1.54, 1.807) is 6.07 Å². The molecule has 1 amide bonds. The molecule has 1 aromatic carbocycles. The molecule has 0 aliphatic carbocycles. The van der Waals surface area contributed by atoms with Crippen LogP contribution in [0.15, 0.2) is 29.2 Å². The van der Waals surface area contributed by atoms with Crippen LogP contribution in [0.2, 0.25) is 5.02 Å². The molecule has 0 spiro atoms. The van der Waals surface area contributed by atoms with Crippen LogP contribution in [0.1, 0.15) is 6.42 Å². The minimum atomic E-state index is -4.18. The summed E-state index contributed by atoms with van der Waals surface area (Å²) in [5.74, 6) is -0.869. The summed E-state index contributed by atoms with van der Waals surface area (Å²) in [7, 11) is -4.18. The number of nitriles is 1. The predicted molar refractivity (Wildman–Crippen MR) is 81.1 cm³/mol. The van der Waals surface area contributed by atoms with Crippen molar-refractivity contribution in [3.05, 3.63) is 29.3 Å². The third-order valence-electron chi connectivity index (χ3n) is 2.28. The van der Waals surface area contributed by atoms with E-state index in [1.807, 2.05) is 5.32 Å². The predicted octanol–water partition coefficient (Wildman–Crippen LogP) is 2.84. The lowest BCUT2D eigenvalue weighted by Gasteiger charge is -2.25. The molecule has 0 saturated carbocycles. The number of hydrogen-bond donors (Lipinski definition) is 1. The molecule has 10 heteroatoms. The van der Waals surface area contributed by atoms with Crippen molar-refractivity contribution < 1.29 is 13.2 Å². The lowest BCUT2D eigenvalue weighted by atomic mass is 10.4. The largest absolute Gasteiger partial charge is 0.335 e. The zero-order valence-electron chi connectivity index (χ0n) is 10.2. The molecule has 0 aliphatic rings. The van der Waals surface area contributed by atoms with Gasteiger partial charge in [-0.05, 0) is 24.3 Å². The van der Waals surface area contributed by atoms with Crippen LogP contribution >= 0.6 is 46.4 Å². The van der Waals surface area contributed by atoms with Crippen LogP contribution in [0.4, 0.5) is 0 Å². The van der Waals surface area contributed by atoms with Gasteiger partial charge in [-0.1, -0.05) is 46.4 Å². The van der Waals surface area contributed by atoms with Crippen LogP contribution in [-0.2, 0) is 14.6 Å². The fourth-order valence-electron chi connectivity index (χ4n) is 1.36. The van der Waals surface area contributed by atoms with Gasteiger partial charge >= 0.3 is 0 Å². The Labute approximate surface area is 141 Å². The average molecular weight is 390 g/mol. The Bertz CT molecular complexity index is 662. The smallest absolute Gasteiger partial charge is 0.235 e. The number of benzene rings is 1. The molecular formula is C11H8Cl4N2O3S. The van der Waals surface area contributed by atoms with Crippen molar-refractivity contribution >= 4 is 62.1 Å². The summed E-state index contributed by atoms with van der Waals surface area (Å²) in [4.78, 5) is 11.3. The number of amides is 1. The summed E-state index contributed by atoms with van der Waals surface area (Å²) in [5, 5.41) is 8.95. The fraction of sp³-hybridized carbons (Fsp3) is 0.273. The Balaban J connectivity index is 3.22. The normalized spacial score (nSPS) is 13.3. The van der Waals surface area contributed by atoms with Gasteiger partial charge < -0.3 is 5.32 Å². The van der Waals surface area contributed by atoms with E-state index in [0.29, 0.717) is 5.02 Å². The van der Waals surface area contributed by atoms with Crippen LogP contribution in [-0.4, -0.2) is 23.5 Å². The first-order valence-corrected chi connectivity index (χ1v) is 8.37. The minimum absolute atomic E-state index is 0.180. The summed E-state index contributed by atoms with van der Waals surface area (Å²) in [6.07, 6.45) is -0.562. The molecule has 0 saturated heterocycles. The molecule has 1 aromatic rings. The molecule has 1 N–H and O–H groups in total. The summed E-state index contributed by atoms with van der Waals surface area (Å²) in [6, 6.07) is 6.71. The van der Waals surface area contributed by atoms with Crippen molar-refractivity contribution in [3.63, 3.8) is 0 Å². The van der Waals surface area contributed by atoms with E-state index < -0.39 is 31.3 Å².